The Morgan fingerprint density at radius 2 is 1.76 bits per heavy atom. The number of sulfonamides is 1. The number of hydrogen-bond acceptors (Lipinski definition) is 7. The van der Waals surface area contributed by atoms with Crippen molar-refractivity contribution < 1.29 is 17.9 Å². The zero-order chi connectivity index (χ0) is 28.9. The highest BCUT2D eigenvalue weighted by atomic mass is 32.2. The van der Waals surface area contributed by atoms with Crippen molar-refractivity contribution >= 4 is 21.9 Å². The van der Waals surface area contributed by atoms with Crippen LogP contribution in [0.1, 0.15) is 54.6 Å². The number of amides is 1. The molecule has 0 spiro atoms. The van der Waals surface area contributed by atoms with Crippen LogP contribution in [0, 0.1) is 19.3 Å². The third-order valence-electron chi connectivity index (χ3n) is 8.61. The van der Waals surface area contributed by atoms with Crippen LogP contribution in [0.3, 0.4) is 0 Å². The fourth-order valence-electron chi connectivity index (χ4n) is 6.50. The second-order valence-corrected chi connectivity index (χ2v) is 14.0. The maximum Gasteiger partial charge on any atom is 0.264 e. The molecule has 9 nitrogen and oxygen atoms in total. The highest BCUT2D eigenvalue weighted by Crippen LogP contribution is 2.40. The minimum absolute atomic E-state index is 0.0210. The largest absolute Gasteiger partial charge is 0.471 e. The van der Waals surface area contributed by atoms with Gasteiger partial charge in [0.2, 0.25) is 11.8 Å². The first-order valence-corrected chi connectivity index (χ1v) is 15.7. The average molecular weight is 576 g/mol. The molecule has 1 unspecified atom stereocenters. The van der Waals surface area contributed by atoms with Crippen molar-refractivity contribution in [3.63, 3.8) is 0 Å². The van der Waals surface area contributed by atoms with Crippen molar-refractivity contribution in [1.82, 2.24) is 19.8 Å². The number of rotatable bonds is 2. The molecule has 2 fully saturated rings. The van der Waals surface area contributed by atoms with Crippen molar-refractivity contribution in [3.8, 4) is 17.1 Å². The van der Waals surface area contributed by atoms with Gasteiger partial charge in [-0.1, -0.05) is 38.1 Å². The normalized spacial score (nSPS) is 23.8. The number of nitrogens with zero attached hydrogens (tertiary/aromatic N) is 4. The van der Waals surface area contributed by atoms with E-state index in [-0.39, 0.29) is 28.7 Å². The Bertz CT molecular complexity index is 1590. The molecule has 3 heterocycles. The summed E-state index contributed by atoms with van der Waals surface area (Å²) in [5, 5.41) is 0. The van der Waals surface area contributed by atoms with Gasteiger partial charge in [-0.2, -0.15) is 4.98 Å². The van der Waals surface area contributed by atoms with Gasteiger partial charge in [-0.25, -0.2) is 18.1 Å². The molecule has 1 amide bonds. The number of fused-ring (bicyclic) bond motifs is 6. The van der Waals surface area contributed by atoms with Gasteiger partial charge >= 0.3 is 0 Å². The van der Waals surface area contributed by atoms with Crippen LogP contribution in [-0.2, 0) is 10.0 Å². The number of aromatic nitrogens is 2. The number of anilines is 1. The standard InChI is InChI=1S/C31H37N5O4S/c1-20-7-5-8-21(2)28(20)26-16-27-33-30(32-26)34-41(38,39)25-10-6-9-22(15-25)29(37)36-14-13-35(18-24(19-36)40-27)23-11-12-31(3,4)17-23/h5-10,15-16,23-24H,11-14,17-19H2,1-4H3,(H,32,33,34)/t23?,24-/m1/s1. The minimum atomic E-state index is -4.07. The van der Waals surface area contributed by atoms with Crippen LogP contribution < -0.4 is 9.46 Å². The summed E-state index contributed by atoms with van der Waals surface area (Å²) in [6.45, 7) is 10.9. The van der Waals surface area contributed by atoms with E-state index in [1.165, 1.54) is 18.6 Å². The Morgan fingerprint density at radius 1 is 1.00 bits per heavy atom. The van der Waals surface area contributed by atoms with Gasteiger partial charge in [-0.15, -0.1) is 0 Å². The van der Waals surface area contributed by atoms with E-state index in [1.807, 2.05) is 32.0 Å². The van der Waals surface area contributed by atoms with Gasteiger partial charge < -0.3 is 9.64 Å². The molecule has 1 N–H and O–H groups in total. The molecule has 0 radical (unpaired) electrons. The third kappa shape index (κ3) is 5.67. The van der Waals surface area contributed by atoms with Crippen LogP contribution in [0.2, 0.25) is 0 Å². The first kappa shape index (κ1) is 27.7. The molecular weight excluding hydrogens is 538 g/mol. The second kappa shape index (κ2) is 10.4. The molecular formula is C31H37N5O4S. The van der Waals surface area contributed by atoms with E-state index >= 15 is 0 Å². The van der Waals surface area contributed by atoms with Crippen molar-refractivity contribution in [1.29, 1.82) is 0 Å². The van der Waals surface area contributed by atoms with Crippen molar-refractivity contribution in [2.75, 3.05) is 30.9 Å². The molecule has 2 aliphatic heterocycles. The first-order valence-electron chi connectivity index (χ1n) is 14.3. The third-order valence-corrected chi connectivity index (χ3v) is 9.94. The maximum absolute atomic E-state index is 13.7. The molecule has 216 valence electrons. The van der Waals surface area contributed by atoms with Gasteiger partial charge in [0.1, 0.15) is 6.10 Å². The molecule has 10 heteroatoms. The van der Waals surface area contributed by atoms with Gasteiger partial charge in [0.15, 0.2) is 0 Å². The van der Waals surface area contributed by atoms with E-state index in [1.54, 1.807) is 23.1 Å². The van der Waals surface area contributed by atoms with Crippen LogP contribution in [0.15, 0.2) is 53.4 Å². The summed E-state index contributed by atoms with van der Waals surface area (Å²) in [5.41, 5.74) is 4.11. The summed E-state index contributed by atoms with van der Waals surface area (Å²) in [6, 6.07) is 14.3. The van der Waals surface area contributed by atoms with Crippen LogP contribution >= 0.6 is 0 Å². The molecule has 1 aliphatic carbocycles. The van der Waals surface area contributed by atoms with Crippen LogP contribution in [0.25, 0.3) is 11.3 Å². The van der Waals surface area contributed by atoms with E-state index < -0.39 is 10.0 Å². The lowest BCUT2D eigenvalue weighted by molar-refractivity contribution is 0.0687. The Kier molecular flexibility index (Phi) is 7.02. The Labute approximate surface area is 242 Å². The van der Waals surface area contributed by atoms with Crippen molar-refractivity contribution in [2.24, 2.45) is 5.41 Å². The molecule has 41 heavy (non-hydrogen) atoms. The van der Waals surface area contributed by atoms with E-state index in [2.05, 4.69) is 33.4 Å². The molecule has 3 aromatic rings. The van der Waals surface area contributed by atoms with Crippen LogP contribution in [0.4, 0.5) is 5.95 Å². The van der Waals surface area contributed by atoms with Crippen molar-refractivity contribution in [2.45, 2.75) is 64.0 Å². The molecule has 1 saturated heterocycles. The summed E-state index contributed by atoms with van der Waals surface area (Å²) >= 11 is 0. The summed E-state index contributed by atoms with van der Waals surface area (Å²) in [6.07, 6.45) is 3.03. The zero-order valence-electron chi connectivity index (χ0n) is 24.1. The van der Waals surface area contributed by atoms with Gasteiger partial charge in [-0.3, -0.25) is 9.69 Å². The Morgan fingerprint density at radius 3 is 2.49 bits per heavy atom. The zero-order valence-corrected chi connectivity index (χ0v) is 24.9. The fourth-order valence-corrected chi connectivity index (χ4v) is 7.49. The van der Waals surface area contributed by atoms with Crippen LogP contribution in [0.5, 0.6) is 5.88 Å². The second-order valence-electron chi connectivity index (χ2n) is 12.4. The predicted octanol–water partition coefficient (Wildman–Crippen LogP) is 4.66. The number of carbonyl (C=O) groups excluding carboxylic acids is 1. The number of nitrogens with one attached hydrogen (secondary N) is 1. The quantitative estimate of drug-likeness (QED) is 0.474. The highest BCUT2D eigenvalue weighted by Gasteiger charge is 2.38. The lowest BCUT2D eigenvalue weighted by Crippen LogP contribution is -2.42. The minimum Gasteiger partial charge on any atom is -0.471 e. The number of aryl methyl sites for hydroxylation is 2. The van der Waals surface area contributed by atoms with Gasteiger partial charge in [0.05, 0.1) is 17.1 Å². The average Bonchev–Trinajstić information content (AvgIpc) is 3.14. The number of ether oxygens (including phenoxy) is 1. The number of carbonyl (C=O) groups is 1. The number of hydrogen-bond donors (Lipinski definition) is 1. The molecule has 6 bridgehead atoms. The summed E-state index contributed by atoms with van der Waals surface area (Å²) in [7, 11) is -4.07. The Hall–Kier alpha value is -3.50. The summed E-state index contributed by atoms with van der Waals surface area (Å²) < 4.78 is 35.9. The maximum atomic E-state index is 13.7. The lowest BCUT2D eigenvalue weighted by atomic mass is 9.91. The van der Waals surface area contributed by atoms with E-state index in [0.717, 1.165) is 36.1 Å². The first-order chi connectivity index (χ1) is 19.5. The summed E-state index contributed by atoms with van der Waals surface area (Å²) in [5.74, 6) is -0.0131. The smallest absolute Gasteiger partial charge is 0.264 e. The van der Waals surface area contributed by atoms with Crippen LogP contribution in [-0.4, -0.2) is 72.4 Å². The molecule has 1 saturated carbocycles. The van der Waals surface area contributed by atoms with Gasteiger partial charge in [0.25, 0.3) is 15.9 Å². The molecule has 2 atom stereocenters. The van der Waals surface area contributed by atoms with E-state index in [9.17, 15) is 13.2 Å². The SMILES string of the molecule is Cc1cccc(C)c1-c1cc2nc(n1)NS(=O)(=O)c1cccc(c1)C(=O)N1CCN(C3CCC(C)(C)C3)C[C@H](C1)O2. The van der Waals surface area contributed by atoms with Gasteiger partial charge in [-0.05, 0) is 67.9 Å². The molecule has 1 aromatic heterocycles. The lowest BCUT2D eigenvalue weighted by Gasteiger charge is -2.30. The monoisotopic (exact) mass is 575 g/mol. The van der Waals surface area contributed by atoms with Crippen molar-refractivity contribution in [3.05, 3.63) is 65.2 Å². The molecule has 6 rings (SSSR count). The van der Waals surface area contributed by atoms with E-state index in [4.69, 9.17) is 4.74 Å². The Balaban J connectivity index is 1.46. The number of benzene rings is 2. The van der Waals surface area contributed by atoms with Gasteiger partial charge in [0, 0.05) is 42.9 Å². The highest BCUT2D eigenvalue weighted by molar-refractivity contribution is 7.92. The molecule has 2 aromatic carbocycles. The molecule has 3 aliphatic rings. The predicted molar refractivity (Wildman–Crippen MR) is 158 cm³/mol. The summed E-state index contributed by atoms with van der Waals surface area (Å²) in [4.78, 5) is 27.1. The van der Waals surface area contributed by atoms with E-state index in [0.29, 0.717) is 42.3 Å². The fraction of sp³-hybridized carbons (Fsp3) is 0.452. The topological polar surface area (TPSA) is 105 Å².